The number of hydrogen-bond donors (Lipinski definition) is 2. The Bertz CT molecular complexity index is 585. The molecule has 1 aromatic heterocycles. The zero-order chi connectivity index (χ0) is 14.8. The van der Waals surface area contributed by atoms with Gasteiger partial charge in [-0.25, -0.2) is 14.3 Å². The molecule has 0 spiro atoms. The highest BCUT2D eigenvalue weighted by atomic mass is 32.2. The maximum absolute atomic E-state index is 11.5. The molecule has 1 atom stereocenters. The lowest BCUT2D eigenvalue weighted by Crippen LogP contribution is -2.46. The minimum atomic E-state index is -2.91. The number of hydrazine groups is 1. The molecule has 1 aromatic rings. The van der Waals surface area contributed by atoms with Gasteiger partial charge in [-0.05, 0) is 19.1 Å². The van der Waals surface area contributed by atoms with Gasteiger partial charge in [0.2, 0.25) is 0 Å². The van der Waals surface area contributed by atoms with Crippen molar-refractivity contribution < 1.29 is 13.2 Å². The number of hydrogen-bond acceptors (Lipinski definition) is 6. The number of nitrogens with one attached hydrogen (secondary N) is 1. The number of sulfone groups is 1. The van der Waals surface area contributed by atoms with Crippen LogP contribution in [0.3, 0.4) is 0 Å². The molecule has 1 aliphatic heterocycles. The van der Waals surface area contributed by atoms with Crippen LogP contribution in [0.2, 0.25) is 0 Å². The van der Waals surface area contributed by atoms with E-state index < -0.39 is 9.84 Å². The van der Waals surface area contributed by atoms with Crippen molar-refractivity contribution >= 4 is 15.7 Å². The topological polar surface area (TPSA) is 105 Å². The van der Waals surface area contributed by atoms with E-state index in [0.29, 0.717) is 18.7 Å². The molecule has 1 aliphatic rings. The number of aromatic nitrogens is 1. The Labute approximate surface area is 118 Å². The average molecular weight is 298 g/mol. The third-order valence-electron chi connectivity index (χ3n) is 3.39. The molecule has 110 valence electrons. The lowest BCUT2D eigenvalue weighted by atomic mass is 10.2. The van der Waals surface area contributed by atoms with Crippen molar-refractivity contribution in [2.24, 2.45) is 5.84 Å². The Balaban J connectivity index is 2.02. The van der Waals surface area contributed by atoms with Crippen molar-refractivity contribution in [3.63, 3.8) is 0 Å². The molecule has 0 radical (unpaired) electrons. The Kier molecular flexibility index (Phi) is 4.36. The highest BCUT2D eigenvalue weighted by Crippen LogP contribution is 2.14. The van der Waals surface area contributed by atoms with Crippen molar-refractivity contribution in [2.45, 2.75) is 19.5 Å². The van der Waals surface area contributed by atoms with Crippen LogP contribution in [-0.2, 0) is 16.4 Å². The molecular weight excluding hydrogens is 280 g/mol. The first kappa shape index (κ1) is 14.9. The predicted octanol–water partition coefficient (Wildman–Crippen LogP) is -0.696. The largest absolute Gasteiger partial charge is 0.293 e. The van der Waals surface area contributed by atoms with Crippen LogP contribution in [0.4, 0.5) is 0 Å². The molecule has 3 N–H and O–H groups in total. The third-order valence-corrected chi connectivity index (χ3v) is 5.19. The van der Waals surface area contributed by atoms with Gasteiger partial charge in [0.1, 0.15) is 0 Å². The first-order chi connectivity index (χ1) is 9.41. The van der Waals surface area contributed by atoms with Crippen LogP contribution in [0, 0.1) is 0 Å². The second-order valence-electron chi connectivity index (χ2n) is 4.95. The molecule has 0 aromatic carbocycles. The molecule has 8 heteroatoms. The van der Waals surface area contributed by atoms with Gasteiger partial charge >= 0.3 is 0 Å². The second-order valence-corrected chi connectivity index (χ2v) is 7.17. The van der Waals surface area contributed by atoms with Crippen molar-refractivity contribution in [3.8, 4) is 0 Å². The van der Waals surface area contributed by atoms with Gasteiger partial charge in [0, 0.05) is 25.3 Å². The van der Waals surface area contributed by atoms with Crippen LogP contribution in [0.1, 0.15) is 23.0 Å². The van der Waals surface area contributed by atoms with E-state index in [-0.39, 0.29) is 23.5 Å². The number of carbonyl (C=O) groups excluding carboxylic acids is 1. The predicted molar refractivity (Wildman–Crippen MR) is 74.4 cm³/mol. The van der Waals surface area contributed by atoms with E-state index in [2.05, 4.69) is 9.88 Å². The van der Waals surface area contributed by atoms with E-state index in [0.717, 1.165) is 5.69 Å². The molecule has 1 saturated heterocycles. The molecular formula is C12H18N4O3S. The van der Waals surface area contributed by atoms with E-state index in [1.165, 1.54) is 6.20 Å². The minimum absolute atomic E-state index is 0.0254. The fraction of sp³-hybridized carbons (Fsp3) is 0.500. The van der Waals surface area contributed by atoms with Crippen molar-refractivity contribution in [2.75, 3.05) is 18.1 Å². The molecule has 0 saturated carbocycles. The Morgan fingerprint density at radius 2 is 2.30 bits per heavy atom. The van der Waals surface area contributed by atoms with Gasteiger partial charge in [-0.3, -0.25) is 20.1 Å². The van der Waals surface area contributed by atoms with Gasteiger partial charge in [-0.1, -0.05) is 0 Å². The standard InChI is InChI=1S/C12H18N4O3S/c1-9-8-20(18,19)5-4-16(9)7-11-3-2-10(6-14-11)12(17)15-13/h2-3,6,9H,4-5,7-8,13H2,1H3,(H,15,17). The van der Waals surface area contributed by atoms with E-state index in [9.17, 15) is 13.2 Å². The molecule has 2 rings (SSSR count). The summed E-state index contributed by atoms with van der Waals surface area (Å²) in [6, 6.07) is 3.37. The van der Waals surface area contributed by atoms with Gasteiger partial charge in [-0.15, -0.1) is 0 Å². The smallest absolute Gasteiger partial charge is 0.266 e. The Hall–Kier alpha value is -1.51. The van der Waals surface area contributed by atoms with Crippen LogP contribution < -0.4 is 11.3 Å². The van der Waals surface area contributed by atoms with Crippen molar-refractivity contribution in [1.82, 2.24) is 15.3 Å². The summed E-state index contributed by atoms with van der Waals surface area (Å²) in [6.07, 6.45) is 1.46. The molecule has 1 unspecified atom stereocenters. The van der Waals surface area contributed by atoms with Gasteiger partial charge in [0.05, 0.1) is 22.8 Å². The molecule has 2 heterocycles. The number of pyridine rings is 1. The number of nitrogens with zero attached hydrogens (tertiary/aromatic N) is 2. The van der Waals surface area contributed by atoms with Gasteiger partial charge in [0.25, 0.3) is 5.91 Å². The quantitative estimate of drug-likeness (QED) is 0.434. The van der Waals surface area contributed by atoms with Gasteiger partial charge < -0.3 is 0 Å². The Morgan fingerprint density at radius 3 is 2.85 bits per heavy atom. The maximum Gasteiger partial charge on any atom is 0.266 e. The van der Waals surface area contributed by atoms with Crippen LogP contribution in [0.15, 0.2) is 18.3 Å². The second kappa shape index (κ2) is 5.86. The first-order valence-corrected chi connectivity index (χ1v) is 8.14. The van der Waals surface area contributed by atoms with Gasteiger partial charge in [-0.2, -0.15) is 0 Å². The number of carbonyl (C=O) groups is 1. The maximum atomic E-state index is 11.5. The third kappa shape index (κ3) is 3.53. The number of nitrogens with two attached hydrogens (primary N) is 1. The lowest BCUT2D eigenvalue weighted by molar-refractivity contribution is 0.0953. The minimum Gasteiger partial charge on any atom is -0.293 e. The molecule has 7 nitrogen and oxygen atoms in total. The summed E-state index contributed by atoms with van der Waals surface area (Å²) in [6.45, 7) is 2.98. The van der Waals surface area contributed by atoms with Gasteiger partial charge in [0.15, 0.2) is 9.84 Å². The monoisotopic (exact) mass is 298 g/mol. The fourth-order valence-electron chi connectivity index (χ4n) is 2.21. The molecule has 1 amide bonds. The molecule has 1 fully saturated rings. The summed E-state index contributed by atoms with van der Waals surface area (Å²) in [5, 5.41) is 0. The van der Waals surface area contributed by atoms with Crippen LogP contribution in [-0.4, -0.2) is 48.3 Å². The summed E-state index contributed by atoms with van der Waals surface area (Å²) in [4.78, 5) is 17.6. The summed E-state index contributed by atoms with van der Waals surface area (Å²) >= 11 is 0. The molecule has 20 heavy (non-hydrogen) atoms. The Morgan fingerprint density at radius 1 is 1.55 bits per heavy atom. The lowest BCUT2D eigenvalue weighted by Gasteiger charge is -2.32. The average Bonchev–Trinajstić information content (AvgIpc) is 2.41. The number of nitrogen functional groups attached to an aromatic ring is 1. The van der Waals surface area contributed by atoms with E-state index >= 15 is 0 Å². The van der Waals surface area contributed by atoms with Crippen molar-refractivity contribution in [1.29, 1.82) is 0 Å². The molecule has 0 aliphatic carbocycles. The zero-order valence-corrected chi connectivity index (χ0v) is 12.1. The van der Waals surface area contributed by atoms with Crippen LogP contribution in [0.5, 0.6) is 0 Å². The van der Waals surface area contributed by atoms with Crippen LogP contribution >= 0.6 is 0 Å². The highest BCUT2D eigenvalue weighted by molar-refractivity contribution is 7.91. The number of rotatable bonds is 3. The van der Waals surface area contributed by atoms with E-state index in [1.807, 2.05) is 12.3 Å². The first-order valence-electron chi connectivity index (χ1n) is 6.31. The summed E-state index contributed by atoms with van der Waals surface area (Å²) in [5.74, 6) is 5.02. The summed E-state index contributed by atoms with van der Waals surface area (Å²) < 4.78 is 23.0. The normalized spacial score (nSPS) is 22.4. The SMILES string of the molecule is CC1CS(=O)(=O)CCN1Cc1ccc(C(=O)NN)cn1. The summed E-state index contributed by atoms with van der Waals surface area (Å²) in [7, 11) is -2.91. The van der Waals surface area contributed by atoms with E-state index in [1.54, 1.807) is 12.1 Å². The fourth-order valence-corrected chi connectivity index (χ4v) is 3.84. The van der Waals surface area contributed by atoms with E-state index in [4.69, 9.17) is 5.84 Å². The van der Waals surface area contributed by atoms with Crippen LogP contribution in [0.25, 0.3) is 0 Å². The zero-order valence-electron chi connectivity index (χ0n) is 11.2. The summed E-state index contributed by atoms with van der Waals surface area (Å²) in [5.41, 5.74) is 3.23. The number of amides is 1. The highest BCUT2D eigenvalue weighted by Gasteiger charge is 2.28. The van der Waals surface area contributed by atoms with Crippen molar-refractivity contribution in [3.05, 3.63) is 29.6 Å². The molecule has 0 bridgehead atoms.